The summed E-state index contributed by atoms with van der Waals surface area (Å²) in [5, 5.41) is 8.91. The van der Waals surface area contributed by atoms with E-state index in [1.807, 2.05) is 0 Å². The van der Waals surface area contributed by atoms with Crippen molar-refractivity contribution in [1.82, 2.24) is 0 Å². The number of aliphatic hydroxyl groups is 1. The van der Waals surface area contributed by atoms with Crippen molar-refractivity contribution in [2.24, 2.45) is 0 Å². The van der Waals surface area contributed by atoms with Gasteiger partial charge in [0.2, 0.25) is 11.6 Å². The molecule has 25 heavy (non-hydrogen) atoms. The van der Waals surface area contributed by atoms with Gasteiger partial charge in [-0.25, -0.2) is 0 Å². The molecule has 0 radical (unpaired) electrons. The Hall–Kier alpha value is -2.59. The molecule has 4 nitrogen and oxygen atoms in total. The zero-order valence-electron chi connectivity index (χ0n) is 14.1. The van der Waals surface area contributed by atoms with E-state index in [0.29, 0.717) is 0 Å². The third-order valence-corrected chi connectivity index (χ3v) is 4.06. The minimum Gasteiger partial charge on any atom is -0.393 e. The van der Waals surface area contributed by atoms with Crippen molar-refractivity contribution in [3.8, 4) is 0 Å². The highest BCUT2D eigenvalue weighted by Crippen LogP contribution is 2.16. The van der Waals surface area contributed by atoms with Gasteiger partial charge >= 0.3 is 0 Å². The van der Waals surface area contributed by atoms with Gasteiger partial charge in [-0.15, -0.1) is 0 Å². The molecule has 0 unspecified atom stereocenters. The van der Waals surface area contributed by atoms with Crippen LogP contribution in [0.3, 0.4) is 0 Å². The number of ketones is 3. The Morgan fingerprint density at radius 3 is 1.40 bits per heavy atom. The Bertz CT molecular complexity index is 648. The zero-order valence-corrected chi connectivity index (χ0v) is 14.1. The third-order valence-electron chi connectivity index (χ3n) is 4.06. The van der Waals surface area contributed by atoms with Crippen molar-refractivity contribution in [2.75, 3.05) is 0 Å². The van der Waals surface area contributed by atoms with E-state index in [9.17, 15) is 14.4 Å². The first kappa shape index (κ1) is 18.7. The van der Waals surface area contributed by atoms with E-state index >= 15 is 0 Å². The standard InChI is InChI=1S/C15H10O3.C6H12O/c16-13(11-7-3-1-4-8-11)15(18)14(17)12-9-5-2-6-10-12;7-6-4-2-1-3-5-6/h1-10H;6-7H,1-5H2. The molecule has 1 fully saturated rings. The fourth-order valence-electron chi connectivity index (χ4n) is 2.63. The first-order valence-electron chi connectivity index (χ1n) is 8.51. The smallest absolute Gasteiger partial charge is 0.273 e. The molecule has 0 saturated heterocycles. The van der Waals surface area contributed by atoms with Crippen LogP contribution in [0, 0.1) is 0 Å². The first-order valence-corrected chi connectivity index (χ1v) is 8.51. The molecule has 4 heteroatoms. The molecule has 3 rings (SSSR count). The van der Waals surface area contributed by atoms with Gasteiger partial charge < -0.3 is 5.11 Å². The maximum Gasteiger partial charge on any atom is 0.273 e. The molecule has 1 saturated carbocycles. The summed E-state index contributed by atoms with van der Waals surface area (Å²) in [5.41, 5.74) is 0.457. The van der Waals surface area contributed by atoms with Crippen molar-refractivity contribution in [2.45, 2.75) is 38.2 Å². The van der Waals surface area contributed by atoms with E-state index < -0.39 is 17.3 Å². The van der Waals surface area contributed by atoms with Crippen LogP contribution in [0.15, 0.2) is 60.7 Å². The minimum atomic E-state index is -1.01. The monoisotopic (exact) mass is 338 g/mol. The maximum atomic E-state index is 11.8. The van der Waals surface area contributed by atoms with Crippen LogP contribution in [0.5, 0.6) is 0 Å². The normalized spacial score (nSPS) is 14.1. The first-order chi connectivity index (χ1) is 12.1. The summed E-state index contributed by atoms with van der Waals surface area (Å²) >= 11 is 0. The van der Waals surface area contributed by atoms with E-state index in [4.69, 9.17) is 5.11 Å². The third kappa shape index (κ3) is 5.76. The van der Waals surface area contributed by atoms with Gasteiger partial charge in [0.1, 0.15) is 0 Å². The van der Waals surface area contributed by atoms with Gasteiger partial charge in [-0.05, 0) is 12.8 Å². The summed E-state index contributed by atoms with van der Waals surface area (Å²) in [7, 11) is 0. The lowest BCUT2D eigenvalue weighted by atomic mass is 9.98. The molecule has 0 heterocycles. The summed E-state index contributed by atoms with van der Waals surface area (Å²) in [6.45, 7) is 0. The molecule has 2 aromatic rings. The Balaban J connectivity index is 0.000000269. The van der Waals surface area contributed by atoms with Crippen LogP contribution >= 0.6 is 0 Å². The van der Waals surface area contributed by atoms with Crippen LogP contribution in [0.1, 0.15) is 52.8 Å². The maximum absolute atomic E-state index is 11.8. The average molecular weight is 338 g/mol. The lowest BCUT2D eigenvalue weighted by Crippen LogP contribution is -2.24. The minimum absolute atomic E-state index is 0.0359. The number of benzene rings is 2. The highest BCUT2D eigenvalue weighted by molar-refractivity contribution is 6.69. The van der Waals surface area contributed by atoms with Crippen molar-refractivity contribution < 1.29 is 19.5 Å². The van der Waals surface area contributed by atoms with Crippen LogP contribution < -0.4 is 0 Å². The quantitative estimate of drug-likeness (QED) is 0.525. The Morgan fingerprint density at radius 2 is 1.08 bits per heavy atom. The fraction of sp³-hybridized carbons (Fsp3) is 0.286. The number of hydrogen-bond acceptors (Lipinski definition) is 4. The second-order valence-electron chi connectivity index (χ2n) is 6.01. The van der Waals surface area contributed by atoms with Crippen LogP contribution in [-0.2, 0) is 4.79 Å². The summed E-state index contributed by atoms with van der Waals surface area (Å²) in [6, 6.07) is 16.1. The lowest BCUT2D eigenvalue weighted by molar-refractivity contribution is -0.111. The molecule has 0 atom stereocenters. The molecule has 0 amide bonds. The molecular formula is C21H22O4. The van der Waals surface area contributed by atoms with E-state index in [0.717, 1.165) is 12.8 Å². The molecule has 130 valence electrons. The number of carbonyl (C=O) groups excluding carboxylic acids is 3. The molecule has 0 bridgehead atoms. The van der Waals surface area contributed by atoms with E-state index in [-0.39, 0.29) is 17.2 Å². The van der Waals surface area contributed by atoms with Gasteiger partial charge in [0.15, 0.2) is 0 Å². The molecule has 1 aliphatic carbocycles. The van der Waals surface area contributed by atoms with Crippen LogP contribution in [0.4, 0.5) is 0 Å². The number of Topliss-reactive ketones (excluding diaryl/α,β-unsaturated/α-hetero) is 3. The second-order valence-corrected chi connectivity index (χ2v) is 6.01. The van der Waals surface area contributed by atoms with Crippen molar-refractivity contribution in [3.05, 3.63) is 71.8 Å². The van der Waals surface area contributed by atoms with E-state index in [2.05, 4.69) is 0 Å². The average Bonchev–Trinajstić information content (AvgIpc) is 2.69. The number of hydrogen-bond donors (Lipinski definition) is 1. The number of aliphatic hydroxyl groups excluding tert-OH is 1. The van der Waals surface area contributed by atoms with Crippen LogP contribution in [0.25, 0.3) is 0 Å². The van der Waals surface area contributed by atoms with Crippen molar-refractivity contribution in [3.63, 3.8) is 0 Å². The predicted molar refractivity (Wildman–Crippen MR) is 95.6 cm³/mol. The molecule has 0 spiro atoms. The van der Waals surface area contributed by atoms with Gasteiger partial charge in [-0.2, -0.15) is 0 Å². The Morgan fingerprint density at radius 1 is 0.680 bits per heavy atom. The highest BCUT2D eigenvalue weighted by atomic mass is 16.3. The van der Waals surface area contributed by atoms with Gasteiger partial charge in [0, 0.05) is 11.1 Å². The molecule has 1 N–H and O–H groups in total. The van der Waals surface area contributed by atoms with Crippen molar-refractivity contribution in [1.29, 1.82) is 0 Å². The van der Waals surface area contributed by atoms with Crippen molar-refractivity contribution >= 4 is 17.3 Å². The molecule has 1 aliphatic rings. The topological polar surface area (TPSA) is 71.4 Å². The Kier molecular flexibility index (Phi) is 7.23. The van der Waals surface area contributed by atoms with E-state index in [1.54, 1.807) is 36.4 Å². The second kappa shape index (κ2) is 9.64. The van der Waals surface area contributed by atoms with Gasteiger partial charge in [-0.3, -0.25) is 14.4 Å². The van der Waals surface area contributed by atoms with Gasteiger partial charge in [0.05, 0.1) is 6.10 Å². The van der Waals surface area contributed by atoms with E-state index in [1.165, 1.54) is 43.5 Å². The SMILES string of the molecule is O=C(C(=O)c1ccccc1)C(=O)c1ccccc1.OC1CCCCC1. The fourth-order valence-corrected chi connectivity index (χ4v) is 2.63. The molecular weight excluding hydrogens is 316 g/mol. The van der Waals surface area contributed by atoms with Gasteiger partial charge in [-0.1, -0.05) is 79.9 Å². The molecule has 0 aromatic heterocycles. The largest absolute Gasteiger partial charge is 0.393 e. The molecule has 2 aromatic carbocycles. The highest BCUT2D eigenvalue weighted by Gasteiger charge is 2.24. The number of carbonyl (C=O) groups is 3. The molecule has 0 aliphatic heterocycles. The Labute approximate surface area is 147 Å². The summed E-state index contributed by atoms with van der Waals surface area (Å²) in [4.78, 5) is 35.3. The predicted octanol–water partition coefficient (Wildman–Crippen LogP) is 3.63. The summed E-state index contributed by atoms with van der Waals surface area (Å²) in [6.07, 6.45) is 5.92. The number of rotatable bonds is 4. The van der Waals surface area contributed by atoms with Gasteiger partial charge in [0.25, 0.3) is 5.78 Å². The zero-order chi connectivity index (χ0) is 18.1. The van der Waals surface area contributed by atoms with Crippen LogP contribution in [-0.4, -0.2) is 28.6 Å². The summed E-state index contributed by atoms with van der Waals surface area (Å²) < 4.78 is 0. The van der Waals surface area contributed by atoms with Crippen LogP contribution in [0.2, 0.25) is 0 Å². The summed E-state index contributed by atoms with van der Waals surface area (Å²) in [5.74, 6) is -2.55. The lowest BCUT2D eigenvalue weighted by Gasteiger charge is -2.14.